The number of carbonyl (C=O) groups is 1. The molecule has 0 bridgehead atoms. The Morgan fingerprint density at radius 2 is 1.83 bits per heavy atom. The summed E-state index contributed by atoms with van der Waals surface area (Å²) in [4.78, 5) is 19.2. The quantitative estimate of drug-likeness (QED) is 0.324. The van der Waals surface area contributed by atoms with Crippen LogP contribution < -0.4 is 10.6 Å². The zero-order chi connectivity index (χ0) is 20.7. The van der Waals surface area contributed by atoms with Gasteiger partial charge in [0.2, 0.25) is 5.91 Å². The number of hydrogen-bond acceptors (Lipinski definition) is 4. The van der Waals surface area contributed by atoms with Gasteiger partial charge in [-0.05, 0) is 31.4 Å². The van der Waals surface area contributed by atoms with Crippen LogP contribution in [0.1, 0.15) is 38.5 Å². The van der Waals surface area contributed by atoms with Crippen LogP contribution in [0, 0.1) is 5.92 Å². The highest BCUT2D eigenvalue weighted by Gasteiger charge is 2.31. The maximum absolute atomic E-state index is 12.7. The van der Waals surface area contributed by atoms with Gasteiger partial charge in [0.05, 0.1) is 10.6 Å². The largest absolute Gasteiger partial charge is 0.355 e. The molecular weight excluding hydrogens is 515 g/mol. The highest BCUT2D eigenvalue weighted by Crippen LogP contribution is 2.26. The molecule has 7 nitrogen and oxygen atoms in total. The molecule has 1 saturated carbocycles. The maximum Gasteiger partial charge on any atom is 0.225 e. The SMILES string of the molecule is CN=C(NCCS(=O)(=O)c1ccccc1)NC1CCN(C(=O)C2CCCCC2)C1.I. The molecule has 0 radical (unpaired) electrons. The fraction of sp³-hybridized carbons (Fsp3) is 0.619. The first-order chi connectivity index (χ1) is 14.0. The Morgan fingerprint density at radius 1 is 1.13 bits per heavy atom. The maximum atomic E-state index is 12.7. The first-order valence-electron chi connectivity index (χ1n) is 10.5. The average Bonchev–Trinajstić information content (AvgIpc) is 3.22. The lowest BCUT2D eigenvalue weighted by molar-refractivity contribution is -0.135. The highest BCUT2D eigenvalue weighted by molar-refractivity contribution is 14.0. The lowest BCUT2D eigenvalue weighted by atomic mass is 9.88. The van der Waals surface area contributed by atoms with Gasteiger partial charge in [-0.2, -0.15) is 0 Å². The molecule has 1 unspecified atom stereocenters. The molecule has 168 valence electrons. The highest BCUT2D eigenvalue weighted by atomic mass is 127. The van der Waals surface area contributed by atoms with Crippen LogP contribution in [0.3, 0.4) is 0 Å². The summed E-state index contributed by atoms with van der Waals surface area (Å²) in [5, 5.41) is 6.42. The Balaban J connectivity index is 0.00000320. The Labute approximate surface area is 197 Å². The summed E-state index contributed by atoms with van der Waals surface area (Å²) < 4.78 is 24.7. The first kappa shape index (κ1) is 24.9. The lowest BCUT2D eigenvalue weighted by Gasteiger charge is -2.26. The third-order valence-electron chi connectivity index (χ3n) is 5.78. The van der Waals surface area contributed by atoms with Gasteiger partial charge in [0, 0.05) is 38.6 Å². The molecule has 1 amide bonds. The van der Waals surface area contributed by atoms with Crippen molar-refractivity contribution in [2.75, 3.05) is 32.4 Å². The molecule has 0 aromatic heterocycles. The number of hydrogen-bond donors (Lipinski definition) is 2. The summed E-state index contributed by atoms with van der Waals surface area (Å²) in [6.45, 7) is 1.72. The van der Waals surface area contributed by atoms with Gasteiger partial charge < -0.3 is 15.5 Å². The summed E-state index contributed by atoms with van der Waals surface area (Å²) in [5.74, 6) is 1.06. The van der Waals surface area contributed by atoms with Gasteiger partial charge in [0.15, 0.2) is 15.8 Å². The molecule has 2 aliphatic rings. The molecular formula is C21H33IN4O3S. The van der Waals surface area contributed by atoms with Crippen LogP contribution in [0.4, 0.5) is 0 Å². The van der Waals surface area contributed by atoms with Gasteiger partial charge in [0.1, 0.15) is 0 Å². The van der Waals surface area contributed by atoms with Crippen molar-refractivity contribution in [2.24, 2.45) is 10.9 Å². The first-order valence-corrected chi connectivity index (χ1v) is 12.2. The summed E-state index contributed by atoms with van der Waals surface area (Å²) in [6.07, 6.45) is 6.49. The number of guanidine groups is 1. The number of nitrogens with zero attached hydrogens (tertiary/aromatic N) is 2. The van der Waals surface area contributed by atoms with E-state index < -0.39 is 9.84 Å². The van der Waals surface area contributed by atoms with E-state index in [-0.39, 0.29) is 48.2 Å². The Hall–Kier alpha value is -1.36. The van der Waals surface area contributed by atoms with E-state index in [0.717, 1.165) is 38.6 Å². The summed E-state index contributed by atoms with van der Waals surface area (Å²) >= 11 is 0. The van der Waals surface area contributed by atoms with E-state index in [1.807, 2.05) is 4.90 Å². The second-order valence-corrected chi connectivity index (χ2v) is 9.99. The third kappa shape index (κ3) is 6.83. The molecule has 9 heteroatoms. The predicted octanol–water partition coefficient (Wildman–Crippen LogP) is 2.42. The van der Waals surface area contributed by atoms with Crippen molar-refractivity contribution in [3.05, 3.63) is 30.3 Å². The molecule has 1 aliphatic carbocycles. The predicted molar refractivity (Wildman–Crippen MR) is 130 cm³/mol. The average molecular weight is 548 g/mol. The molecule has 1 aromatic carbocycles. The number of halogens is 1. The van der Waals surface area contributed by atoms with Crippen molar-refractivity contribution in [1.29, 1.82) is 0 Å². The Morgan fingerprint density at radius 3 is 2.50 bits per heavy atom. The molecule has 30 heavy (non-hydrogen) atoms. The van der Waals surface area contributed by atoms with Gasteiger partial charge in [-0.1, -0.05) is 37.5 Å². The summed E-state index contributed by atoms with van der Waals surface area (Å²) in [6, 6.07) is 8.60. The van der Waals surface area contributed by atoms with Crippen LogP contribution in [0.2, 0.25) is 0 Å². The number of likely N-dealkylation sites (tertiary alicyclic amines) is 1. The molecule has 1 aromatic rings. The van der Waals surface area contributed by atoms with Crippen molar-refractivity contribution in [1.82, 2.24) is 15.5 Å². The van der Waals surface area contributed by atoms with E-state index in [0.29, 0.717) is 23.3 Å². The topological polar surface area (TPSA) is 90.9 Å². The minimum absolute atomic E-state index is 0. The number of nitrogens with one attached hydrogen (secondary N) is 2. The Kier molecular flexibility index (Phi) is 9.86. The fourth-order valence-corrected chi connectivity index (χ4v) is 5.30. The molecule has 1 atom stereocenters. The Bertz CT molecular complexity index is 811. The number of rotatable bonds is 6. The van der Waals surface area contributed by atoms with Crippen molar-refractivity contribution in [2.45, 2.75) is 49.5 Å². The van der Waals surface area contributed by atoms with E-state index in [2.05, 4.69) is 15.6 Å². The molecule has 2 N–H and O–H groups in total. The number of benzene rings is 1. The van der Waals surface area contributed by atoms with E-state index in [1.165, 1.54) is 6.42 Å². The number of sulfone groups is 1. The van der Waals surface area contributed by atoms with Crippen LogP contribution in [0.25, 0.3) is 0 Å². The second kappa shape index (κ2) is 11.9. The number of carbonyl (C=O) groups excluding carboxylic acids is 1. The van der Waals surface area contributed by atoms with E-state index in [9.17, 15) is 13.2 Å². The monoisotopic (exact) mass is 548 g/mol. The van der Waals surface area contributed by atoms with Crippen LogP contribution >= 0.6 is 24.0 Å². The van der Waals surface area contributed by atoms with Crippen LogP contribution in [-0.4, -0.2) is 63.7 Å². The van der Waals surface area contributed by atoms with E-state index in [1.54, 1.807) is 37.4 Å². The van der Waals surface area contributed by atoms with Crippen LogP contribution in [-0.2, 0) is 14.6 Å². The molecule has 1 aliphatic heterocycles. The second-order valence-electron chi connectivity index (χ2n) is 7.88. The van der Waals surface area contributed by atoms with Crippen molar-refractivity contribution < 1.29 is 13.2 Å². The van der Waals surface area contributed by atoms with Gasteiger partial charge >= 0.3 is 0 Å². The third-order valence-corrected chi connectivity index (χ3v) is 7.52. The standard InChI is InChI=1S/C21H32N4O3S.HI/c1-22-21(23-13-15-29(27,28)19-10-6-3-7-11-19)24-18-12-14-25(16-18)20(26)17-8-4-2-5-9-17;/h3,6-7,10-11,17-18H,2,4-5,8-9,12-16H2,1H3,(H2,22,23,24);1H. The van der Waals surface area contributed by atoms with E-state index >= 15 is 0 Å². The normalized spacial score (nSPS) is 20.5. The van der Waals surface area contributed by atoms with Crippen LogP contribution in [0.5, 0.6) is 0 Å². The minimum atomic E-state index is -3.32. The van der Waals surface area contributed by atoms with Gasteiger partial charge in [-0.15, -0.1) is 24.0 Å². The van der Waals surface area contributed by atoms with Gasteiger partial charge in [0.25, 0.3) is 0 Å². The van der Waals surface area contributed by atoms with Crippen LogP contribution in [0.15, 0.2) is 40.2 Å². The van der Waals surface area contributed by atoms with E-state index in [4.69, 9.17) is 0 Å². The number of amides is 1. The van der Waals surface area contributed by atoms with Crippen molar-refractivity contribution in [3.63, 3.8) is 0 Å². The zero-order valence-electron chi connectivity index (χ0n) is 17.5. The molecule has 2 fully saturated rings. The zero-order valence-corrected chi connectivity index (χ0v) is 20.7. The minimum Gasteiger partial charge on any atom is -0.355 e. The molecule has 3 rings (SSSR count). The van der Waals surface area contributed by atoms with Gasteiger partial charge in [-0.3, -0.25) is 9.79 Å². The molecule has 1 heterocycles. The number of aliphatic imine (C=N–C) groups is 1. The van der Waals surface area contributed by atoms with Gasteiger partial charge in [-0.25, -0.2) is 8.42 Å². The molecule has 1 saturated heterocycles. The lowest BCUT2D eigenvalue weighted by Crippen LogP contribution is -2.46. The summed E-state index contributed by atoms with van der Waals surface area (Å²) in [7, 11) is -1.65. The van der Waals surface area contributed by atoms with Crippen molar-refractivity contribution >= 4 is 45.7 Å². The fourth-order valence-electron chi connectivity index (χ4n) is 4.12. The molecule has 0 spiro atoms. The smallest absolute Gasteiger partial charge is 0.225 e. The van der Waals surface area contributed by atoms with Crippen molar-refractivity contribution in [3.8, 4) is 0 Å². The summed E-state index contributed by atoms with van der Waals surface area (Å²) in [5.41, 5.74) is 0.